The van der Waals surface area contributed by atoms with Crippen molar-refractivity contribution in [3.8, 4) is 22.5 Å². The number of hydrogen-bond acceptors (Lipinski definition) is 6. The van der Waals surface area contributed by atoms with Crippen LogP contribution in [0.15, 0.2) is 60.0 Å². The molecule has 0 bridgehead atoms. The first-order valence-electron chi connectivity index (χ1n) is 9.35. The molecule has 0 aliphatic carbocycles. The molecular formula is C22H17FN6S. The molecule has 0 saturated heterocycles. The predicted octanol–water partition coefficient (Wildman–Crippen LogP) is 5.41. The third kappa shape index (κ3) is 3.53. The van der Waals surface area contributed by atoms with E-state index in [1.807, 2.05) is 30.5 Å². The van der Waals surface area contributed by atoms with Crippen molar-refractivity contribution in [2.75, 3.05) is 5.32 Å². The highest BCUT2D eigenvalue weighted by atomic mass is 32.1. The van der Waals surface area contributed by atoms with Gasteiger partial charge in [0.25, 0.3) is 0 Å². The summed E-state index contributed by atoms with van der Waals surface area (Å²) in [6, 6.07) is 16.4. The van der Waals surface area contributed by atoms with E-state index in [1.54, 1.807) is 16.6 Å². The number of aromatic nitrogens is 5. The van der Waals surface area contributed by atoms with Crippen LogP contribution in [0, 0.1) is 19.7 Å². The first kappa shape index (κ1) is 18.4. The average Bonchev–Trinajstić information content (AvgIpc) is 3.29. The fourth-order valence-electron chi connectivity index (χ4n) is 3.17. The Morgan fingerprint density at radius 3 is 2.40 bits per heavy atom. The summed E-state index contributed by atoms with van der Waals surface area (Å²) in [5, 5.41) is 9.70. The highest BCUT2D eigenvalue weighted by Crippen LogP contribution is 2.27. The molecule has 5 rings (SSSR count). The maximum absolute atomic E-state index is 13.2. The molecular weight excluding hydrogens is 399 g/mol. The summed E-state index contributed by atoms with van der Waals surface area (Å²) in [4.78, 5) is 14.3. The Morgan fingerprint density at radius 1 is 0.900 bits per heavy atom. The second-order valence-corrected chi connectivity index (χ2v) is 7.77. The van der Waals surface area contributed by atoms with E-state index in [4.69, 9.17) is 0 Å². The van der Waals surface area contributed by atoms with Crippen LogP contribution >= 0.6 is 11.3 Å². The topological polar surface area (TPSA) is 68.0 Å². The van der Waals surface area contributed by atoms with E-state index in [-0.39, 0.29) is 5.82 Å². The summed E-state index contributed by atoms with van der Waals surface area (Å²) in [6.07, 6.45) is 0. The lowest BCUT2D eigenvalue weighted by molar-refractivity contribution is 0.628. The number of anilines is 2. The second kappa shape index (κ2) is 7.31. The van der Waals surface area contributed by atoms with Crippen molar-refractivity contribution >= 4 is 28.1 Å². The molecule has 0 aliphatic heterocycles. The van der Waals surface area contributed by atoms with E-state index in [9.17, 15) is 4.39 Å². The Bertz CT molecular complexity index is 1340. The van der Waals surface area contributed by atoms with Gasteiger partial charge in [0.15, 0.2) is 0 Å². The van der Waals surface area contributed by atoms with E-state index in [0.29, 0.717) is 17.6 Å². The van der Waals surface area contributed by atoms with Gasteiger partial charge in [0, 0.05) is 22.6 Å². The zero-order valence-corrected chi connectivity index (χ0v) is 17.1. The van der Waals surface area contributed by atoms with Gasteiger partial charge in [-0.15, -0.1) is 16.4 Å². The van der Waals surface area contributed by atoms with Crippen molar-refractivity contribution in [3.63, 3.8) is 0 Å². The second-order valence-electron chi connectivity index (χ2n) is 6.93. The van der Waals surface area contributed by atoms with Crippen molar-refractivity contribution < 1.29 is 4.39 Å². The number of rotatable bonds is 4. The van der Waals surface area contributed by atoms with Crippen LogP contribution in [0.25, 0.3) is 27.5 Å². The van der Waals surface area contributed by atoms with E-state index in [0.717, 1.165) is 27.5 Å². The summed E-state index contributed by atoms with van der Waals surface area (Å²) in [5.74, 6) is 1.45. The van der Waals surface area contributed by atoms with Gasteiger partial charge in [-0.3, -0.25) is 0 Å². The molecule has 0 fully saturated rings. The van der Waals surface area contributed by atoms with Crippen LogP contribution in [-0.2, 0) is 0 Å². The molecule has 0 saturated carbocycles. The molecule has 0 aliphatic rings. The van der Waals surface area contributed by atoms with E-state index in [1.165, 1.54) is 29.0 Å². The summed E-state index contributed by atoms with van der Waals surface area (Å²) in [5.41, 5.74) is 4.78. The number of benzene rings is 2. The quantitative estimate of drug-likeness (QED) is 0.424. The van der Waals surface area contributed by atoms with Crippen LogP contribution in [0.3, 0.4) is 0 Å². The molecule has 0 atom stereocenters. The third-order valence-corrected chi connectivity index (χ3v) is 5.46. The minimum absolute atomic E-state index is 0.269. The van der Waals surface area contributed by atoms with Crippen molar-refractivity contribution in [1.29, 1.82) is 0 Å². The SMILES string of the molecule is Cc1ccc(-c2cc(Nc3nc4scc(-c5ccc(F)cc5)n4n3)nc(C)n2)cc1. The Morgan fingerprint density at radius 2 is 1.63 bits per heavy atom. The van der Waals surface area contributed by atoms with Crippen LogP contribution in [0.4, 0.5) is 16.2 Å². The Hall–Kier alpha value is -3.65. The fourth-order valence-corrected chi connectivity index (χ4v) is 4.00. The molecule has 0 unspecified atom stereocenters. The van der Waals surface area contributed by atoms with Crippen LogP contribution in [0.1, 0.15) is 11.4 Å². The monoisotopic (exact) mass is 416 g/mol. The van der Waals surface area contributed by atoms with Crippen molar-refractivity contribution in [3.05, 3.63) is 77.2 Å². The van der Waals surface area contributed by atoms with Crippen LogP contribution in [0.5, 0.6) is 0 Å². The number of thiazole rings is 1. The summed E-state index contributed by atoms with van der Waals surface area (Å²) >= 11 is 1.47. The summed E-state index contributed by atoms with van der Waals surface area (Å²) in [7, 11) is 0. The molecule has 0 radical (unpaired) electrons. The van der Waals surface area contributed by atoms with Crippen molar-refractivity contribution in [1.82, 2.24) is 24.6 Å². The molecule has 6 nitrogen and oxygen atoms in total. The molecule has 8 heteroatoms. The standard InChI is InChI=1S/C22H17FN6S/c1-13-3-5-15(6-4-13)18-11-20(25-14(2)24-18)26-21-27-22-29(28-21)19(12-30-22)16-7-9-17(23)10-8-16/h3-12H,1-2H3,(H,24,25,26,28). The van der Waals surface area contributed by atoms with Crippen LogP contribution in [0.2, 0.25) is 0 Å². The molecule has 5 aromatic rings. The van der Waals surface area contributed by atoms with Gasteiger partial charge in [-0.1, -0.05) is 29.8 Å². The molecule has 3 heterocycles. The maximum atomic E-state index is 13.2. The Labute approximate surface area is 176 Å². The van der Waals surface area contributed by atoms with Crippen molar-refractivity contribution in [2.24, 2.45) is 0 Å². The normalized spacial score (nSPS) is 11.2. The first-order valence-corrected chi connectivity index (χ1v) is 10.2. The number of halogens is 1. The van der Waals surface area contributed by atoms with Gasteiger partial charge >= 0.3 is 0 Å². The maximum Gasteiger partial charge on any atom is 0.249 e. The molecule has 0 spiro atoms. The third-order valence-electron chi connectivity index (χ3n) is 4.65. The van der Waals surface area contributed by atoms with Gasteiger partial charge in [0.1, 0.15) is 17.5 Å². The van der Waals surface area contributed by atoms with Gasteiger partial charge in [0.05, 0.1) is 11.4 Å². The lowest BCUT2D eigenvalue weighted by Gasteiger charge is -2.07. The molecule has 2 aromatic carbocycles. The number of hydrogen-bond donors (Lipinski definition) is 1. The lowest BCUT2D eigenvalue weighted by Crippen LogP contribution is -2.00. The minimum Gasteiger partial charge on any atom is -0.307 e. The van der Waals surface area contributed by atoms with Crippen molar-refractivity contribution in [2.45, 2.75) is 13.8 Å². The predicted molar refractivity (Wildman–Crippen MR) is 116 cm³/mol. The summed E-state index contributed by atoms with van der Waals surface area (Å²) in [6.45, 7) is 3.91. The highest BCUT2D eigenvalue weighted by Gasteiger charge is 2.13. The van der Waals surface area contributed by atoms with Crippen LogP contribution in [-0.4, -0.2) is 24.6 Å². The van der Waals surface area contributed by atoms with Gasteiger partial charge in [-0.25, -0.2) is 18.9 Å². The molecule has 3 aromatic heterocycles. The number of nitrogens with zero attached hydrogens (tertiary/aromatic N) is 5. The van der Waals surface area contributed by atoms with E-state index >= 15 is 0 Å². The molecule has 30 heavy (non-hydrogen) atoms. The first-order chi connectivity index (χ1) is 14.5. The highest BCUT2D eigenvalue weighted by molar-refractivity contribution is 7.15. The number of fused-ring (bicyclic) bond motifs is 1. The minimum atomic E-state index is -0.269. The lowest BCUT2D eigenvalue weighted by atomic mass is 10.1. The Kier molecular flexibility index (Phi) is 4.48. The number of nitrogens with one attached hydrogen (secondary N) is 1. The van der Waals surface area contributed by atoms with Crippen LogP contribution < -0.4 is 5.32 Å². The average molecular weight is 416 g/mol. The molecule has 0 amide bonds. The molecule has 148 valence electrons. The van der Waals surface area contributed by atoms with E-state index < -0.39 is 0 Å². The van der Waals surface area contributed by atoms with Gasteiger partial charge in [-0.05, 0) is 38.1 Å². The summed E-state index contributed by atoms with van der Waals surface area (Å²) < 4.78 is 15.0. The largest absolute Gasteiger partial charge is 0.307 e. The Balaban J connectivity index is 1.47. The number of aryl methyl sites for hydroxylation is 2. The van der Waals surface area contributed by atoms with Gasteiger partial charge < -0.3 is 5.32 Å². The van der Waals surface area contributed by atoms with Gasteiger partial charge in [0.2, 0.25) is 10.9 Å². The van der Waals surface area contributed by atoms with E-state index in [2.05, 4.69) is 44.4 Å². The molecule has 1 N–H and O–H groups in total. The van der Waals surface area contributed by atoms with Gasteiger partial charge in [-0.2, -0.15) is 4.98 Å². The zero-order chi connectivity index (χ0) is 20.7. The smallest absolute Gasteiger partial charge is 0.249 e. The zero-order valence-electron chi connectivity index (χ0n) is 16.3. The fraction of sp³-hybridized carbons (Fsp3) is 0.0909.